The van der Waals surface area contributed by atoms with Crippen molar-refractivity contribution in [3.63, 3.8) is 0 Å². The third-order valence-electron chi connectivity index (χ3n) is 6.78. The van der Waals surface area contributed by atoms with Gasteiger partial charge in [-0.25, -0.2) is 4.79 Å². The number of hydrogen-bond donors (Lipinski definition) is 0. The summed E-state index contributed by atoms with van der Waals surface area (Å²) in [7, 11) is 0. The molecule has 0 bridgehead atoms. The minimum absolute atomic E-state index is 0.0244. The van der Waals surface area contributed by atoms with Crippen LogP contribution >= 0.6 is 0 Å². The maximum Gasteiger partial charge on any atom is 0.329 e. The Morgan fingerprint density at radius 2 is 1.48 bits per heavy atom. The lowest BCUT2D eigenvalue weighted by molar-refractivity contribution is -0.141. The summed E-state index contributed by atoms with van der Waals surface area (Å²) in [5, 5.41) is 0. The van der Waals surface area contributed by atoms with Crippen molar-refractivity contribution in [3.05, 3.63) is 34.7 Å². The monoisotopic (exact) mass is 426 g/mol. The molecule has 168 valence electrons. The Labute approximate surface area is 183 Å². The van der Waals surface area contributed by atoms with Crippen LogP contribution in [-0.4, -0.2) is 56.9 Å². The zero-order valence-corrected chi connectivity index (χ0v) is 18.6. The lowest BCUT2D eigenvalue weighted by Gasteiger charge is -2.34. The highest BCUT2D eigenvalue weighted by atomic mass is 16.2. The number of aromatic nitrogens is 2. The van der Waals surface area contributed by atoms with Crippen molar-refractivity contribution in [1.82, 2.24) is 18.9 Å². The van der Waals surface area contributed by atoms with Crippen molar-refractivity contribution < 1.29 is 9.59 Å². The van der Waals surface area contributed by atoms with Gasteiger partial charge in [0.1, 0.15) is 6.54 Å². The number of carbonyl (C=O) groups is 2. The number of carbonyl (C=O) groups excluding carboxylic acids is 2. The van der Waals surface area contributed by atoms with E-state index in [0.717, 1.165) is 43.4 Å². The summed E-state index contributed by atoms with van der Waals surface area (Å²) in [4.78, 5) is 42.7. The minimum Gasteiger partial charge on any atom is -0.342 e. The predicted molar refractivity (Wildman–Crippen MR) is 121 cm³/mol. The first-order valence-electron chi connectivity index (χ1n) is 11.8. The number of piperidine rings is 1. The zero-order valence-electron chi connectivity index (χ0n) is 18.6. The Kier molecular flexibility index (Phi) is 6.78. The summed E-state index contributed by atoms with van der Waals surface area (Å²) in [5.74, 6) is 0.256. The molecule has 4 rings (SSSR count). The van der Waals surface area contributed by atoms with Crippen LogP contribution in [0.25, 0.3) is 11.0 Å². The van der Waals surface area contributed by atoms with Gasteiger partial charge in [-0.15, -0.1) is 0 Å². The van der Waals surface area contributed by atoms with Gasteiger partial charge >= 0.3 is 5.69 Å². The second-order valence-electron chi connectivity index (χ2n) is 8.90. The molecule has 2 amide bonds. The van der Waals surface area contributed by atoms with E-state index in [2.05, 4.69) is 0 Å². The highest BCUT2D eigenvalue weighted by molar-refractivity contribution is 5.82. The van der Waals surface area contributed by atoms with Crippen molar-refractivity contribution in [2.45, 2.75) is 65.0 Å². The van der Waals surface area contributed by atoms with Crippen molar-refractivity contribution in [2.75, 3.05) is 26.2 Å². The quantitative estimate of drug-likeness (QED) is 0.738. The summed E-state index contributed by atoms with van der Waals surface area (Å²) < 4.78 is 3.36. The fraction of sp³-hybridized carbons (Fsp3) is 0.625. The van der Waals surface area contributed by atoms with Crippen LogP contribution in [0.2, 0.25) is 0 Å². The summed E-state index contributed by atoms with van der Waals surface area (Å²) in [6.07, 6.45) is 6.92. The smallest absolute Gasteiger partial charge is 0.329 e. The molecule has 2 aliphatic rings. The molecule has 0 N–H and O–H groups in total. The Morgan fingerprint density at radius 1 is 0.871 bits per heavy atom. The SMILES string of the molecule is CCCn1c(=O)n(CC(=O)N2CCC(C(=O)N3CCCCCC3)CC2)c2ccccc21. The van der Waals surface area contributed by atoms with Gasteiger partial charge in [0.15, 0.2) is 0 Å². The number of nitrogens with zero attached hydrogens (tertiary/aromatic N) is 4. The molecule has 0 saturated carbocycles. The van der Waals surface area contributed by atoms with Crippen molar-refractivity contribution in [3.8, 4) is 0 Å². The number of para-hydroxylation sites is 2. The van der Waals surface area contributed by atoms with Gasteiger partial charge in [0.2, 0.25) is 11.8 Å². The third-order valence-corrected chi connectivity index (χ3v) is 6.78. The number of hydrogen-bond acceptors (Lipinski definition) is 3. The standard InChI is InChI=1S/C24H34N4O3/c1-2-13-27-20-9-5-6-10-21(20)28(24(27)31)18-22(29)25-16-11-19(12-17-25)23(30)26-14-7-3-4-8-15-26/h5-6,9-10,19H,2-4,7-8,11-18H2,1H3. The van der Waals surface area contributed by atoms with Gasteiger partial charge in [-0.05, 0) is 44.2 Å². The second-order valence-corrected chi connectivity index (χ2v) is 8.90. The van der Waals surface area contributed by atoms with Crippen LogP contribution in [0.3, 0.4) is 0 Å². The Hall–Kier alpha value is -2.57. The van der Waals surface area contributed by atoms with Crippen LogP contribution in [0, 0.1) is 5.92 Å². The zero-order chi connectivity index (χ0) is 21.8. The molecule has 2 aliphatic heterocycles. The molecule has 7 heteroatoms. The van der Waals surface area contributed by atoms with Crippen molar-refractivity contribution >= 4 is 22.8 Å². The molecule has 2 saturated heterocycles. The Bertz CT molecular complexity index is 976. The number of fused-ring (bicyclic) bond motifs is 1. The van der Waals surface area contributed by atoms with Crippen molar-refractivity contribution in [1.29, 1.82) is 0 Å². The Balaban J connectivity index is 1.40. The summed E-state index contributed by atoms with van der Waals surface area (Å²) >= 11 is 0. The van der Waals surface area contributed by atoms with E-state index >= 15 is 0 Å². The molecule has 7 nitrogen and oxygen atoms in total. The molecule has 2 aromatic rings. The summed E-state index contributed by atoms with van der Waals surface area (Å²) in [5.41, 5.74) is 1.56. The van der Waals surface area contributed by atoms with Gasteiger partial charge < -0.3 is 9.80 Å². The van der Waals surface area contributed by atoms with Gasteiger partial charge in [-0.2, -0.15) is 0 Å². The largest absolute Gasteiger partial charge is 0.342 e. The molecular formula is C24H34N4O3. The Morgan fingerprint density at radius 3 is 2.10 bits per heavy atom. The van der Waals surface area contributed by atoms with Crippen LogP contribution < -0.4 is 5.69 Å². The van der Waals surface area contributed by atoms with E-state index < -0.39 is 0 Å². The molecule has 2 fully saturated rings. The van der Waals surface area contributed by atoms with Crippen LogP contribution in [0.5, 0.6) is 0 Å². The lowest BCUT2D eigenvalue weighted by atomic mass is 9.95. The topological polar surface area (TPSA) is 67.5 Å². The van der Waals surface area contributed by atoms with Crippen molar-refractivity contribution in [2.24, 2.45) is 5.92 Å². The number of imidazole rings is 1. The molecule has 3 heterocycles. The van der Waals surface area contributed by atoms with E-state index in [-0.39, 0.29) is 30.0 Å². The number of amides is 2. The number of rotatable bonds is 5. The highest BCUT2D eigenvalue weighted by Crippen LogP contribution is 2.22. The molecular weight excluding hydrogens is 392 g/mol. The average molecular weight is 427 g/mol. The lowest BCUT2D eigenvalue weighted by Crippen LogP contribution is -2.46. The minimum atomic E-state index is -0.123. The molecule has 31 heavy (non-hydrogen) atoms. The molecule has 0 radical (unpaired) electrons. The first-order chi connectivity index (χ1) is 15.1. The molecule has 0 atom stereocenters. The second kappa shape index (κ2) is 9.71. The van der Waals surface area contributed by atoms with Crippen LogP contribution in [0.4, 0.5) is 0 Å². The first kappa shape index (κ1) is 21.7. The molecule has 0 aliphatic carbocycles. The molecule has 0 spiro atoms. The molecule has 0 unspecified atom stereocenters. The van der Waals surface area contributed by atoms with E-state index in [1.165, 1.54) is 12.8 Å². The van der Waals surface area contributed by atoms with Crippen LogP contribution in [0.1, 0.15) is 51.9 Å². The summed E-state index contributed by atoms with van der Waals surface area (Å²) in [6.45, 7) is 5.68. The maximum atomic E-state index is 13.0. The third kappa shape index (κ3) is 4.55. The van der Waals surface area contributed by atoms with Gasteiger partial charge in [0.05, 0.1) is 11.0 Å². The number of aryl methyl sites for hydroxylation is 1. The van der Waals surface area contributed by atoms with E-state index in [0.29, 0.717) is 32.5 Å². The number of benzene rings is 1. The fourth-order valence-corrected chi connectivity index (χ4v) is 5.03. The van der Waals surface area contributed by atoms with Crippen LogP contribution in [0.15, 0.2) is 29.1 Å². The van der Waals surface area contributed by atoms with Gasteiger partial charge in [0, 0.05) is 38.6 Å². The van der Waals surface area contributed by atoms with Gasteiger partial charge in [-0.3, -0.25) is 18.7 Å². The first-order valence-corrected chi connectivity index (χ1v) is 11.8. The maximum absolute atomic E-state index is 13.0. The predicted octanol–water partition coefficient (Wildman–Crippen LogP) is 2.85. The molecule has 1 aromatic carbocycles. The highest BCUT2D eigenvalue weighted by Gasteiger charge is 2.30. The summed E-state index contributed by atoms with van der Waals surface area (Å²) in [6, 6.07) is 7.67. The fourth-order valence-electron chi connectivity index (χ4n) is 5.03. The van der Waals surface area contributed by atoms with Gasteiger partial charge in [0.25, 0.3) is 0 Å². The van der Waals surface area contributed by atoms with E-state index in [4.69, 9.17) is 0 Å². The normalized spacial score (nSPS) is 18.4. The number of likely N-dealkylation sites (tertiary alicyclic amines) is 2. The average Bonchev–Trinajstić information content (AvgIpc) is 2.98. The van der Waals surface area contributed by atoms with E-state index in [1.807, 2.05) is 41.0 Å². The van der Waals surface area contributed by atoms with E-state index in [9.17, 15) is 14.4 Å². The van der Waals surface area contributed by atoms with Gasteiger partial charge in [-0.1, -0.05) is 31.9 Å². The van der Waals surface area contributed by atoms with E-state index in [1.54, 1.807) is 9.13 Å². The molecule has 1 aromatic heterocycles. The van der Waals surface area contributed by atoms with Crippen LogP contribution in [-0.2, 0) is 22.7 Å².